The maximum Gasteiger partial charge on any atom is 0.336 e. The normalized spacial score (nSPS) is 9.00. The number of hydrogen-bond donors (Lipinski definition) is 2. The fourth-order valence-corrected chi connectivity index (χ4v) is 1.15. The summed E-state index contributed by atoms with van der Waals surface area (Å²) in [4.78, 5) is 10.5. The number of carbonyl (C=O) groups is 1. The quantitative estimate of drug-likeness (QED) is 0.736. The number of aromatic carboxylic acids is 1. The molecule has 0 aliphatic carbocycles. The Kier molecular flexibility index (Phi) is 4.76. The van der Waals surface area contributed by atoms with E-state index in [1.54, 1.807) is 13.0 Å². The van der Waals surface area contributed by atoms with E-state index in [9.17, 15) is 4.79 Å². The van der Waals surface area contributed by atoms with Crippen LogP contribution in [0.5, 0.6) is 0 Å². The number of hydrogen-bond acceptors (Lipinski definition) is 2. The van der Waals surface area contributed by atoms with E-state index in [-0.39, 0.29) is 5.56 Å². The van der Waals surface area contributed by atoms with E-state index in [0.29, 0.717) is 11.3 Å². The summed E-state index contributed by atoms with van der Waals surface area (Å²) in [5.74, 6) is -0.955. The van der Waals surface area contributed by atoms with Crippen LogP contribution < -0.4 is 5.73 Å². The Hall–Kier alpha value is -2.29. The number of carboxylic acids is 1. The molecular formula is C14H13NO2. The van der Waals surface area contributed by atoms with Crippen LogP contribution in [-0.2, 0) is 0 Å². The second-order valence-corrected chi connectivity index (χ2v) is 3.37. The molecule has 0 spiro atoms. The predicted molar refractivity (Wildman–Crippen MR) is 66.7 cm³/mol. The highest BCUT2D eigenvalue weighted by atomic mass is 16.4. The lowest BCUT2D eigenvalue weighted by Gasteiger charge is -1.99. The van der Waals surface area contributed by atoms with E-state index in [1.165, 1.54) is 6.07 Å². The van der Waals surface area contributed by atoms with Gasteiger partial charge in [-0.25, -0.2) is 4.79 Å². The molecule has 2 radical (unpaired) electrons. The number of nitrogens with two attached hydrogens (primary N) is 1. The van der Waals surface area contributed by atoms with Crippen LogP contribution in [0.2, 0.25) is 0 Å². The molecule has 0 aliphatic heterocycles. The molecular weight excluding hydrogens is 214 g/mol. The third kappa shape index (κ3) is 4.38. The molecule has 0 saturated carbocycles. The molecule has 2 aromatic carbocycles. The van der Waals surface area contributed by atoms with Gasteiger partial charge < -0.3 is 10.8 Å². The van der Waals surface area contributed by atoms with Crippen molar-refractivity contribution in [1.82, 2.24) is 0 Å². The van der Waals surface area contributed by atoms with Crippen molar-refractivity contribution in [3.05, 3.63) is 65.7 Å². The van der Waals surface area contributed by atoms with Crippen LogP contribution in [0.1, 0.15) is 15.9 Å². The van der Waals surface area contributed by atoms with Crippen LogP contribution in [0.25, 0.3) is 0 Å². The Morgan fingerprint density at radius 3 is 2.29 bits per heavy atom. The first-order valence-corrected chi connectivity index (χ1v) is 5.03. The lowest BCUT2D eigenvalue weighted by molar-refractivity contribution is 0.0696. The first-order chi connectivity index (χ1) is 8.11. The molecule has 0 aromatic heterocycles. The summed E-state index contributed by atoms with van der Waals surface area (Å²) < 4.78 is 0. The first-order valence-electron chi connectivity index (χ1n) is 5.03. The lowest BCUT2D eigenvalue weighted by atomic mass is 10.1. The van der Waals surface area contributed by atoms with Crippen LogP contribution >= 0.6 is 0 Å². The smallest absolute Gasteiger partial charge is 0.336 e. The Labute approximate surface area is 101 Å². The summed E-state index contributed by atoms with van der Waals surface area (Å²) in [5, 5.41) is 8.62. The highest BCUT2D eigenvalue weighted by molar-refractivity contribution is 5.90. The maximum atomic E-state index is 10.5. The van der Waals surface area contributed by atoms with Crippen molar-refractivity contribution in [1.29, 1.82) is 0 Å². The molecule has 3 nitrogen and oxygen atoms in total. The summed E-state index contributed by atoms with van der Waals surface area (Å²) in [5.41, 5.74) is 6.61. The summed E-state index contributed by atoms with van der Waals surface area (Å²) >= 11 is 0. The SMILES string of the molecule is Cc1c[c]c(N)cc1C(=O)O.[c]1ccccc1. The largest absolute Gasteiger partial charge is 0.478 e. The second kappa shape index (κ2) is 6.33. The van der Waals surface area contributed by atoms with Gasteiger partial charge in [0.25, 0.3) is 0 Å². The molecule has 0 bridgehead atoms. The first kappa shape index (κ1) is 12.8. The monoisotopic (exact) mass is 227 g/mol. The van der Waals surface area contributed by atoms with Gasteiger partial charge in [0.15, 0.2) is 0 Å². The zero-order chi connectivity index (χ0) is 12.7. The molecule has 0 heterocycles. The van der Waals surface area contributed by atoms with E-state index in [0.717, 1.165) is 0 Å². The minimum absolute atomic E-state index is 0.237. The van der Waals surface area contributed by atoms with E-state index < -0.39 is 5.97 Å². The molecule has 2 rings (SSSR count). The van der Waals surface area contributed by atoms with E-state index in [4.69, 9.17) is 10.8 Å². The molecule has 0 aliphatic rings. The van der Waals surface area contributed by atoms with Crippen molar-refractivity contribution < 1.29 is 9.90 Å². The number of carboxylic acid groups (broad SMARTS) is 1. The van der Waals surface area contributed by atoms with Gasteiger partial charge in [-0.2, -0.15) is 0 Å². The third-order valence-corrected chi connectivity index (χ3v) is 2.02. The van der Waals surface area contributed by atoms with Gasteiger partial charge in [0.2, 0.25) is 0 Å². The van der Waals surface area contributed by atoms with Gasteiger partial charge in [-0.05, 0) is 30.7 Å². The standard InChI is InChI=1S/C8H8NO2.C6H5/c1-5-2-3-6(9)4-7(5)8(10)11;1-2-4-6-5-3-1/h2,4H,9H2,1H3,(H,10,11);1-5H. The molecule has 0 atom stereocenters. The molecule has 3 N–H and O–H groups in total. The Morgan fingerprint density at radius 1 is 1.29 bits per heavy atom. The average Bonchev–Trinajstić information content (AvgIpc) is 2.35. The zero-order valence-corrected chi connectivity index (χ0v) is 9.47. The topological polar surface area (TPSA) is 63.3 Å². The lowest BCUT2D eigenvalue weighted by Crippen LogP contribution is -2.00. The number of benzene rings is 2. The molecule has 3 heteroatoms. The number of anilines is 1. The van der Waals surface area contributed by atoms with E-state index in [1.807, 2.05) is 30.3 Å². The van der Waals surface area contributed by atoms with Gasteiger partial charge in [0, 0.05) is 11.8 Å². The maximum absolute atomic E-state index is 10.5. The van der Waals surface area contributed by atoms with Crippen molar-refractivity contribution in [2.24, 2.45) is 0 Å². The van der Waals surface area contributed by atoms with Crippen LogP contribution in [0, 0.1) is 19.1 Å². The van der Waals surface area contributed by atoms with Gasteiger partial charge in [0.05, 0.1) is 5.56 Å². The van der Waals surface area contributed by atoms with Crippen molar-refractivity contribution in [3.63, 3.8) is 0 Å². The fourth-order valence-electron chi connectivity index (χ4n) is 1.15. The average molecular weight is 227 g/mol. The van der Waals surface area contributed by atoms with Gasteiger partial charge in [-0.1, -0.05) is 30.3 Å². The number of aryl methyl sites for hydroxylation is 1. The highest BCUT2D eigenvalue weighted by Crippen LogP contribution is 2.11. The van der Waals surface area contributed by atoms with Crippen molar-refractivity contribution in [3.8, 4) is 0 Å². The molecule has 86 valence electrons. The predicted octanol–water partition coefficient (Wildman–Crippen LogP) is 2.56. The van der Waals surface area contributed by atoms with Crippen molar-refractivity contribution in [2.75, 3.05) is 5.73 Å². The molecule has 2 aromatic rings. The Balaban J connectivity index is 0.000000202. The minimum Gasteiger partial charge on any atom is -0.478 e. The summed E-state index contributed by atoms with van der Waals surface area (Å²) in [6.07, 6.45) is 0. The third-order valence-electron chi connectivity index (χ3n) is 2.02. The molecule has 0 fully saturated rings. The number of rotatable bonds is 1. The highest BCUT2D eigenvalue weighted by Gasteiger charge is 2.05. The van der Waals surface area contributed by atoms with Crippen LogP contribution in [0.3, 0.4) is 0 Å². The summed E-state index contributed by atoms with van der Waals surface area (Å²) in [6.45, 7) is 1.71. The molecule has 17 heavy (non-hydrogen) atoms. The van der Waals surface area contributed by atoms with Crippen LogP contribution in [0.4, 0.5) is 5.69 Å². The van der Waals surface area contributed by atoms with Gasteiger partial charge >= 0.3 is 5.97 Å². The summed E-state index contributed by atoms with van der Waals surface area (Å²) in [7, 11) is 0. The van der Waals surface area contributed by atoms with Crippen LogP contribution in [-0.4, -0.2) is 11.1 Å². The fraction of sp³-hybridized carbons (Fsp3) is 0.0714. The Bertz CT molecular complexity index is 454. The van der Waals surface area contributed by atoms with Gasteiger partial charge in [0.1, 0.15) is 0 Å². The van der Waals surface area contributed by atoms with Crippen molar-refractivity contribution in [2.45, 2.75) is 6.92 Å². The molecule has 0 saturated heterocycles. The molecule has 0 unspecified atom stereocenters. The zero-order valence-electron chi connectivity index (χ0n) is 9.47. The van der Waals surface area contributed by atoms with E-state index in [2.05, 4.69) is 12.1 Å². The van der Waals surface area contributed by atoms with Gasteiger partial charge in [-0.15, -0.1) is 0 Å². The van der Waals surface area contributed by atoms with Crippen LogP contribution in [0.15, 0.2) is 42.5 Å². The van der Waals surface area contributed by atoms with E-state index >= 15 is 0 Å². The van der Waals surface area contributed by atoms with Gasteiger partial charge in [-0.3, -0.25) is 0 Å². The molecule has 0 amide bonds. The second-order valence-electron chi connectivity index (χ2n) is 3.37. The summed E-state index contributed by atoms with van der Waals surface area (Å²) in [6, 6.07) is 18.2. The Morgan fingerprint density at radius 2 is 1.94 bits per heavy atom. The number of nitrogen functional groups attached to an aromatic ring is 1. The van der Waals surface area contributed by atoms with Crippen molar-refractivity contribution >= 4 is 11.7 Å². The minimum atomic E-state index is -0.955.